The molecule has 0 saturated carbocycles. The van der Waals surface area contributed by atoms with Gasteiger partial charge in [-0.2, -0.15) is 0 Å². The smallest absolute Gasteiger partial charge is 0.213 e. The molecule has 1 aromatic heterocycles. The minimum Gasteiger partial charge on any atom is -0.392 e. The minimum atomic E-state index is 0.0129. The zero-order valence-corrected chi connectivity index (χ0v) is 11.0. The van der Waals surface area contributed by atoms with Crippen LogP contribution in [0.5, 0.6) is 0 Å². The molecule has 0 amide bonds. The molecule has 84 valence electrons. The number of halogens is 1. The summed E-state index contributed by atoms with van der Waals surface area (Å²) in [6.07, 6.45) is 0. The number of aryl methyl sites for hydroxylation is 1. The van der Waals surface area contributed by atoms with Crippen molar-refractivity contribution in [2.24, 2.45) is 0 Å². The lowest BCUT2D eigenvalue weighted by Gasteiger charge is -2.04. The van der Waals surface area contributed by atoms with Gasteiger partial charge in [0.25, 0.3) is 0 Å². The van der Waals surface area contributed by atoms with Crippen molar-refractivity contribution < 1.29 is 5.11 Å². The summed E-state index contributed by atoms with van der Waals surface area (Å²) in [7, 11) is 0. The second kappa shape index (κ2) is 4.99. The van der Waals surface area contributed by atoms with E-state index in [0.717, 1.165) is 20.8 Å². The summed E-state index contributed by atoms with van der Waals surface area (Å²) in [5.74, 6) is 0.781. The lowest BCUT2D eigenvalue weighted by Crippen LogP contribution is -1.88. The van der Waals surface area contributed by atoms with Crippen molar-refractivity contribution in [3.63, 3.8) is 0 Å². The average molecular weight is 300 g/mol. The van der Waals surface area contributed by atoms with Gasteiger partial charge in [0.1, 0.15) is 5.82 Å². The number of aliphatic hydroxyl groups excluding tert-OH is 1. The molecular weight excluding hydrogens is 290 g/mol. The second-order valence-electron chi connectivity index (χ2n) is 3.22. The van der Waals surface area contributed by atoms with Crippen molar-refractivity contribution in [3.8, 4) is 0 Å². The van der Waals surface area contributed by atoms with Crippen LogP contribution in [0, 0.1) is 6.92 Å². The van der Waals surface area contributed by atoms with Crippen LogP contribution >= 0.6 is 27.7 Å². The van der Waals surface area contributed by atoms with Crippen LogP contribution < -0.4 is 0 Å². The Morgan fingerprint density at radius 2 is 2.31 bits per heavy atom. The van der Waals surface area contributed by atoms with Crippen molar-refractivity contribution in [2.75, 3.05) is 0 Å². The molecule has 0 unspecified atom stereocenters. The fraction of sp³-hybridized carbons (Fsp3) is 0.200. The van der Waals surface area contributed by atoms with E-state index in [-0.39, 0.29) is 6.61 Å². The highest BCUT2D eigenvalue weighted by atomic mass is 79.9. The number of aliphatic hydroxyl groups is 1. The van der Waals surface area contributed by atoms with Crippen LogP contribution in [0.25, 0.3) is 0 Å². The predicted octanol–water partition coefficient (Wildman–Crippen LogP) is 2.52. The number of benzene rings is 1. The highest BCUT2D eigenvalue weighted by Gasteiger charge is 2.07. The van der Waals surface area contributed by atoms with Gasteiger partial charge in [-0.25, -0.2) is 4.98 Å². The minimum absolute atomic E-state index is 0.0129. The van der Waals surface area contributed by atoms with E-state index >= 15 is 0 Å². The maximum absolute atomic E-state index is 9.22. The van der Waals surface area contributed by atoms with E-state index in [1.807, 2.05) is 25.1 Å². The molecule has 0 aliphatic carbocycles. The third kappa shape index (κ3) is 2.63. The quantitative estimate of drug-likeness (QED) is 0.914. The molecule has 0 saturated heterocycles. The summed E-state index contributed by atoms with van der Waals surface area (Å²) in [6.45, 7) is 1.87. The van der Waals surface area contributed by atoms with E-state index in [0.29, 0.717) is 5.16 Å². The van der Waals surface area contributed by atoms with Gasteiger partial charge >= 0.3 is 0 Å². The van der Waals surface area contributed by atoms with Crippen molar-refractivity contribution >= 4 is 27.7 Å². The molecule has 2 rings (SSSR count). The van der Waals surface area contributed by atoms with Gasteiger partial charge < -0.3 is 5.11 Å². The molecule has 16 heavy (non-hydrogen) atoms. The molecule has 0 aliphatic rings. The van der Waals surface area contributed by atoms with Crippen LogP contribution in [0.2, 0.25) is 0 Å². The van der Waals surface area contributed by atoms with Crippen LogP contribution in [0.3, 0.4) is 0 Å². The summed E-state index contributed by atoms with van der Waals surface area (Å²) < 4.78 is 0.972. The van der Waals surface area contributed by atoms with Crippen LogP contribution in [0.1, 0.15) is 11.4 Å². The van der Waals surface area contributed by atoms with Gasteiger partial charge in [0, 0.05) is 9.37 Å². The Morgan fingerprint density at radius 1 is 1.50 bits per heavy atom. The fourth-order valence-electron chi connectivity index (χ4n) is 1.22. The number of hydrogen-bond acceptors (Lipinski definition) is 4. The van der Waals surface area contributed by atoms with Crippen LogP contribution in [0.4, 0.5) is 0 Å². The average Bonchev–Trinajstić information content (AvgIpc) is 2.64. The molecule has 2 N–H and O–H groups in total. The maximum Gasteiger partial charge on any atom is 0.213 e. The largest absolute Gasteiger partial charge is 0.392 e. The van der Waals surface area contributed by atoms with Crippen molar-refractivity contribution in [1.82, 2.24) is 15.2 Å². The molecular formula is C10H10BrN3OS. The normalized spacial score (nSPS) is 10.7. The van der Waals surface area contributed by atoms with E-state index in [2.05, 4.69) is 31.1 Å². The number of H-pyrrole nitrogens is 1. The van der Waals surface area contributed by atoms with E-state index < -0.39 is 0 Å². The van der Waals surface area contributed by atoms with E-state index in [1.165, 1.54) is 11.8 Å². The Balaban J connectivity index is 2.29. The Bertz CT molecular complexity index is 501. The van der Waals surface area contributed by atoms with Gasteiger partial charge in [-0.05, 0) is 36.4 Å². The Morgan fingerprint density at radius 3 is 2.94 bits per heavy atom. The van der Waals surface area contributed by atoms with E-state index in [1.54, 1.807) is 0 Å². The molecule has 4 nitrogen and oxygen atoms in total. The number of nitrogens with one attached hydrogen (secondary N) is 1. The Kier molecular flexibility index (Phi) is 3.63. The van der Waals surface area contributed by atoms with Crippen molar-refractivity contribution in [2.45, 2.75) is 23.6 Å². The number of rotatable bonds is 3. The van der Waals surface area contributed by atoms with Crippen LogP contribution in [-0.2, 0) is 6.61 Å². The molecule has 2 aromatic rings. The van der Waals surface area contributed by atoms with Crippen LogP contribution in [0.15, 0.2) is 32.7 Å². The van der Waals surface area contributed by atoms with Gasteiger partial charge in [0.15, 0.2) is 0 Å². The molecule has 0 aliphatic heterocycles. The summed E-state index contributed by atoms with van der Waals surface area (Å²) >= 11 is 4.83. The molecule has 0 spiro atoms. The molecule has 0 bridgehead atoms. The third-order valence-corrected chi connectivity index (χ3v) is 3.44. The molecule has 1 heterocycles. The monoisotopic (exact) mass is 299 g/mol. The van der Waals surface area contributed by atoms with Crippen molar-refractivity contribution in [3.05, 3.63) is 34.1 Å². The first kappa shape index (κ1) is 11.6. The van der Waals surface area contributed by atoms with Gasteiger partial charge in [-0.1, -0.05) is 22.0 Å². The maximum atomic E-state index is 9.22. The number of aromatic amines is 1. The zero-order valence-electron chi connectivity index (χ0n) is 8.57. The number of aromatic nitrogens is 3. The van der Waals surface area contributed by atoms with Gasteiger partial charge in [-0.3, -0.25) is 5.10 Å². The predicted molar refractivity (Wildman–Crippen MR) is 65.3 cm³/mol. The van der Waals surface area contributed by atoms with Gasteiger partial charge in [0.05, 0.1) is 6.61 Å². The van der Waals surface area contributed by atoms with Crippen molar-refractivity contribution in [1.29, 1.82) is 0 Å². The summed E-state index contributed by atoms with van der Waals surface area (Å²) in [5.41, 5.74) is 0.871. The molecule has 1 aromatic carbocycles. The van der Waals surface area contributed by atoms with E-state index in [4.69, 9.17) is 0 Å². The topological polar surface area (TPSA) is 61.8 Å². The van der Waals surface area contributed by atoms with Gasteiger partial charge in [0.2, 0.25) is 5.16 Å². The third-order valence-electron chi connectivity index (χ3n) is 1.98. The SMILES string of the molecule is Cc1nc(Sc2cc(Br)ccc2CO)n[nH]1. The molecule has 0 fully saturated rings. The lowest BCUT2D eigenvalue weighted by atomic mass is 10.2. The first-order valence-electron chi connectivity index (χ1n) is 4.65. The summed E-state index contributed by atoms with van der Waals surface area (Å²) in [5, 5.41) is 16.7. The Hall–Kier alpha value is -0.850. The second-order valence-corrected chi connectivity index (χ2v) is 5.14. The van der Waals surface area contributed by atoms with Gasteiger partial charge in [-0.15, -0.1) is 5.10 Å². The first-order chi connectivity index (χ1) is 7.69. The molecule has 0 atom stereocenters. The lowest BCUT2D eigenvalue weighted by molar-refractivity contribution is 0.279. The highest BCUT2D eigenvalue weighted by Crippen LogP contribution is 2.30. The Labute approximate surface area is 106 Å². The number of hydrogen-bond donors (Lipinski definition) is 2. The van der Waals surface area contributed by atoms with E-state index in [9.17, 15) is 5.11 Å². The summed E-state index contributed by atoms with van der Waals surface area (Å²) in [4.78, 5) is 5.16. The highest BCUT2D eigenvalue weighted by molar-refractivity contribution is 9.10. The standard InChI is InChI=1S/C10H10BrN3OS/c1-6-12-10(14-13-6)16-9-4-8(11)3-2-7(9)5-15/h2-4,15H,5H2,1H3,(H,12,13,14). The zero-order chi connectivity index (χ0) is 11.5. The first-order valence-corrected chi connectivity index (χ1v) is 6.26. The summed E-state index contributed by atoms with van der Waals surface area (Å²) in [6, 6.07) is 5.73. The fourth-order valence-corrected chi connectivity index (χ4v) is 2.65. The molecule has 6 heteroatoms. The number of nitrogens with zero attached hydrogens (tertiary/aromatic N) is 2. The van der Waals surface area contributed by atoms with Crippen LogP contribution in [-0.4, -0.2) is 20.3 Å². The molecule has 0 radical (unpaired) electrons.